The fraction of sp³-hybridized carbons (Fsp3) is 0.463. The van der Waals surface area contributed by atoms with Gasteiger partial charge in [0, 0.05) is 40.7 Å². The minimum atomic E-state index is -1.03. The van der Waals surface area contributed by atoms with Crippen LogP contribution in [0, 0.1) is 19.8 Å². The standard InChI is InChI=1S/C41H53N7O4S/c1-25(2)36(46-37(50)32-18-17-29-15-11-12-16-31(29)44-32)39(52)45-33(22-28-13-9-8-10-14-28)35(49)24-48-20-19-30(23-34(48)38(51)47-41(5,6)7)53-40-42-26(3)21-27(4)43-40/h8-18,21,25,30,33-36,49H,19-20,22-24H2,1-7H3,(H,45,52)(H,46,50)(H,47,51)/t30-,33+,34+,35-,36+/m1/s1. The van der Waals surface area contributed by atoms with Gasteiger partial charge in [-0.2, -0.15) is 0 Å². The van der Waals surface area contributed by atoms with Crippen molar-refractivity contribution in [1.82, 2.24) is 35.8 Å². The number of aliphatic hydroxyl groups is 1. The van der Waals surface area contributed by atoms with Gasteiger partial charge in [-0.25, -0.2) is 15.0 Å². The van der Waals surface area contributed by atoms with Gasteiger partial charge in [0.2, 0.25) is 11.8 Å². The highest BCUT2D eigenvalue weighted by Gasteiger charge is 2.38. The number of hydrogen-bond donors (Lipinski definition) is 4. The summed E-state index contributed by atoms with van der Waals surface area (Å²) in [4.78, 5) is 57.0. The van der Waals surface area contributed by atoms with Crippen LogP contribution in [0.5, 0.6) is 0 Å². The molecule has 0 spiro atoms. The molecule has 1 saturated heterocycles. The second-order valence-corrected chi connectivity index (χ2v) is 16.7. The molecule has 5 rings (SSSR count). The van der Waals surface area contributed by atoms with Crippen molar-refractivity contribution in [3.05, 3.63) is 95.4 Å². The number of aliphatic hydroxyl groups excluding tert-OH is 1. The average Bonchev–Trinajstić information content (AvgIpc) is 3.09. The number of hydrogen-bond acceptors (Lipinski definition) is 9. The van der Waals surface area contributed by atoms with Crippen molar-refractivity contribution in [2.24, 2.45) is 5.92 Å². The molecular formula is C41H53N7O4S. The smallest absolute Gasteiger partial charge is 0.270 e. The van der Waals surface area contributed by atoms with Gasteiger partial charge in [-0.05, 0) is 83.6 Å². The van der Waals surface area contributed by atoms with Crippen LogP contribution in [0.2, 0.25) is 0 Å². The first-order valence-corrected chi connectivity index (χ1v) is 19.3. The number of amides is 3. The Balaban J connectivity index is 1.33. The summed E-state index contributed by atoms with van der Waals surface area (Å²) < 4.78 is 0. The maximum absolute atomic E-state index is 14.0. The van der Waals surface area contributed by atoms with Crippen LogP contribution in [0.1, 0.15) is 74.9 Å². The second-order valence-electron chi connectivity index (χ2n) is 15.4. The summed E-state index contributed by atoms with van der Waals surface area (Å²) in [5.74, 6) is -1.22. The van der Waals surface area contributed by atoms with Crippen LogP contribution in [0.15, 0.2) is 78.0 Å². The number of piperidine rings is 1. The molecule has 0 radical (unpaired) electrons. The fourth-order valence-corrected chi connectivity index (χ4v) is 7.86. The third-order valence-electron chi connectivity index (χ3n) is 9.28. The molecular weight excluding hydrogens is 687 g/mol. The lowest BCUT2D eigenvalue weighted by atomic mass is 9.95. The van der Waals surface area contributed by atoms with Crippen molar-refractivity contribution in [3.8, 4) is 0 Å². The van der Waals surface area contributed by atoms with E-state index in [0.717, 1.165) is 28.8 Å². The zero-order chi connectivity index (χ0) is 38.3. The van der Waals surface area contributed by atoms with Gasteiger partial charge in [0.05, 0.1) is 23.7 Å². The van der Waals surface area contributed by atoms with Crippen molar-refractivity contribution in [2.45, 2.75) is 108 Å². The summed E-state index contributed by atoms with van der Waals surface area (Å²) in [7, 11) is 0. The van der Waals surface area contributed by atoms with Crippen molar-refractivity contribution < 1.29 is 19.5 Å². The Morgan fingerprint density at radius 1 is 0.925 bits per heavy atom. The molecule has 11 nitrogen and oxygen atoms in total. The molecule has 3 heterocycles. The predicted molar refractivity (Wildman–Crippen MR) is 210 cm³/mol. The number of pyridine rings is 1. The number of carbonyl (C=O) groups is 3. The van der Waals surface area contributed by atoms with Crippen molar-refractivity contribution in [1.29, 1.82) is 0 Å². The Hall–Kier alpha value is -4.39. The molecule has 3 amide bonds. The SMILES string of the molecule is Cc1cc(C)nc(S[C@@H]2CCN(C[C@@H](O)[C@H](Cc3ccccc3)NC(=O)[C@@H](NC(=O)c3ccc4ccccc4n3)C(C)C)[C@H](C(=O)NC(C)(C)C)C2)n1. The van der Waals surface area contributed by atoms with Crippen LogP contribution in [0.3, 0.4) is 0 Å². The third kappa shape index (κ3) is 11.3. The molecule has 4 aromatic rings. The van der Waals surface area contributed by atoms with E-state index in [-0.39, 0.29) is 29.3 Å². The Kier molecular flexibility index (Phi) is 13.2. The van der Waals surface area contributed by atoms with Crippen molar-refractivity contribution in [3.63, 3.8) is 0 Å². The molecule has 1 aliphatic heterocycles. The second kappa shape index (κ2) is 17.6. The van der Waals surface area contributed by atoms with Gasteiger partial charge in [0.25, 0.3) is 5.91 Å². The number of fused-ring (bicyclic) bond motifs is 1. The van der Waals surface area contributed by atoms with E-state index in [2.05, 4.69) is 30.9 Å². The van der Waals surface area contributed by atoms with Crippen LogP contribution < -0.4 is 16.0 Å². The number of benzene rings is 2. The number of nitrogens with one attached hydrogen (secondary N) is 3. The molecule has 1 aliphatic rings. The molecule has 0 bridgehead atoms. The molecule has 12 heteroatoms. The van der Waals surface area contributed by atoms with E-state index in [1.54, 1.807) is 17.8 Å². The fourth-order valence-electron chi connectivity index (χ4n) is 6.66. The summed E-state index contributed by atoms with van der Waals surface area (Å²) >= 11 is 1.59. The Labute approximate surface area is 317 Å². The lowest BCUT2D eigenvalue weighted by molar-refractivity contribution is -0.130. The quantitative estimate of drug-likeness (QED) is 0.139. The summed E-state index contributed by atoms with van der Waals surface area (Å²) in [6, 6.07) is 20.5. The lowest BCUT2D eigenvalue weighted by Gasteiger charge is -2.41. The maximum Gasteiger partial charge on any atom is 0.270 e. The van der Waals surface area contributed by atoms with E-state index in [4.69, 9.17) is 0 Å². The first-order valence-electron chi connectivity index (χ1n) is 18.4. The number of rotatable bonds is 13. The molecule has 4 N–H and O–H groups in total. The molecule has 282 valence electrons. The Morgan fingerprint density at radius 3 is 2.28 bits per heavy atom. The number of likely N-dealkylation sites (tertiary alicyclic amines) is 1. The van der Waals surface area contributed by atoms with E-state index >= 15 is 0 Å². The number of para-hydroxylation sites is 1. The van der Waals surface area contributed by atoms with E-state index in [1.807, 2.05) is 120 Å². The number of aromatic nitrogens is 3. The van der Waals surface area contributed by atoms with Crippen molar-refractivity contribution >= 4 is 40.4 Å². The van der Waals surface area contributed by atoms with Crippen molar-refractivity contribution in [2.75, 3.05) is 13.1 Å². The number of carbonyl (C=O) groups excluding carboxylic acids is 3. The van der Waals surface area contributed by atoms with Gasteiger partial charge >= 0.3 is 0 Å². The first-order chi connectivity index (χ1) is 25.1. The lowest BCUT2D eigenvalue weighted by Crippen LogP contribution is -2.60. The maximum atomic E-state index is 14.0. The van der Waals surface area contributed by atoms with Crippen LogP contribution in [0.4, 0.5) is 0 Å². The van der Waals surface area contributed by atoms with Gasteiger partial charge in [0.1, 0.15) is 11.7 Å². The van der Waals surface area contributed by atoms with E-state index < -0.39 is 41.6 Å². The number of nitrogens with zero attached hydrogens (tertiary/aromatic N) is 4. The molecule has 0 aliphatic carbocycles. The monoisotopic (exact) mass is 739 g/mol. The summed E-state index contributed by atoms with van der Waals surface area (Å²) in [5, 5.41) is 22.8. The Bertz CT molecular complexity index is 1860. The minimum Gasteiger partial charge on any atom is -0.390 e. The van der Waals surface area contributed by atoms with Gasteiger partial charge < -0.3 is 21.1 Å². The zero-order valence-electron chi connectivity index (χ0n) is 31.8. The van der Waals surface area contributed by atoms with Gasteiger partial charge in [-0.15, -0.1) is 0 Å². The average molecular weight is 740 g/mol. The van der Waals surface area contributed by atoms with E-state index in [0.29, 0.717) is 30.1 Å². The highest BCUT2D eigenvalue weighted by atomic mass is 32.2. The topological polar surface area (TPSA) is 149 Å². The number of β-amino-alcohol motifs (C(OH)–C–C–N with tert-alkyl or cyclic N) is 1. The molecule has 0 unspecified atom stereocenters. The predicted octanol–water partition coefficient (Wildman–Crippen LogP) is 5.02. The van der Waals surface area contributed by atoms with Crippen LogP contribution in [-0.4, -0.2) is 90.8 Å². The number of thioether (sulfide) groups is 1. The van der Waals surface area contributed by atoms with E-state index in [1.165, 1.54) is 0 Å². The number of aryl methyl sites for hydroxylation is 2. The van der Waals surface area contributed by atoms with Crippen LogP contribution in [-0.2, 0) is 16.0 Å². The molecule has 2 aromatic carbocycles. The zero-order valence-corrected chi connectivity index (χ0v) is 32.6. The molecule has 0 saturated carbocycles. The summed E-state index contributed by atoms with van der Waals surface area (Å²) in [5.41, 5.74) is 3.20. The minimum absolute atomic E-state index is 0.104. The van der Waals surface area contributed by atoms with Crippen LogP contribution >= 0.6 is 11.8 Å². The van der Waals surface area contributed by atoms with Crippen LogP contribution in [0.25, 0.3) is 10.9 Å². The molecule has 2 aromatic heterocycles. The first kappa shape index (κ1) is 39.8. The largest absolute Gasteiger partial charge is 0.390 e. The van der Waals surface area contributed by atoms with Gasteiger partial charge in [-0.3, -0.25) is 19.3 Å². The van der Waals surface area contributed by atoms with E-state index in [9.17, 15) is 19.5 Å². The third-order valence-corrected chi connectivity index (χ3v) is 10.4. The van der Waals surface area contributed by atoms with Gasteiger partial charge in [-0.1, -0.05) is 80.2 Å². The molecule has 5 atom stereocenters. The highest BCUT2D eigenvalue weighted by Crippen LogP contribution is 2.32. The highest BCUT2D eigenvalue weighted by molar-refractivity contribution is 7.99. The molecule has 1 fully saturated rings. The normalized spacial score (nSPS) is 18.3. The Morgan fingerprint density at radius 2 is 1.60 bits per heavy atom. The van der Waals surface area contributed by atoms with Gasteiger partial charge in [0.15, 0.2) is 5.16 Å². The summed E-state index contributed by atoms with van der Waals surface area (Å²) in [6.45, 7) is 14.2. The summed E-state index contributed by atoms with van der Waals surface area (Å²) in [6.07, 6.45) is 0.651. The molecule has 53 heavy (non-hydrogen) atoms.